The maximum Gasteiger partial charge on any atom is 0.203 e. The quantitative estimate of drug-likeness (QED) is 0.653. The molecule has 0 aliphatic rings. The molecule has 0 radical (unpaired) electrons. The topological polar surface area (TPSA) is 37.3 Å². The van der Waals surface area contributed by atoms with Gasteiger partial charge < -0.3 is 0 Å². The summed E-state index contributed by atoms with van der Waals surface area (Å²) in [6, 6.07) is 10.2. The van der Waals surface area contributed by atoms with Crippen LogP contribution in [0.5, 0.6) is 0 Å². The molecule has 1 aromatic heterocycles. The van der Waals surface area contributed by atoms with E-state index in [-0.39, 0.29) is 5.41 Å². The van der Waals surface area contributed by atoms with Crippen molar-refractivity contribution in [3.8, 4) is 11.3 Å². The molecule has 0 bridgehead atoms. The second-order valence-electron chi connectivity index (χ2n) is 5.46. The van der Waals surface area contributed by atoms with Crippen molar-refractivity contribution in [2.24, 2.45) is 10.5 Å². The maximum atomic E-state index is 4.53. The van der Waals surface area contributed by atoms with Crippen LogP contribution in [0.25, 0.3) is 11.3 Å². The normalized spacial score (nSPS) is 12.5. The van der Waals surface area contributed by atoms with E-state index in [1.165, 1.54) is 0 Å². The van der Waals surface area contributed by atoms with E-state index in [1.807, 2.05) is 30.5 Å². The summed E-state index contributed by atoms with van der Waals surface area (Å²) in [5, 5.41) is 7.25. The number of hydrogen-bond donors (Lipinski definition) is 1. The van der Waals surface area contributed by atoms with Crippen LogP contribution < -0.4 is 5.43 Å². The van der Waals surface area contributed by atoms with Gasteiger partial charge in [-0.05, 0) is 6.92 Å². The lowest BCUT2D eigenvalue weighted by molar-refractivity contribution is 0.587. The number of aromatic nitrogens is 1. The molecular weight excluding hydrogens is 254 g/mol. The molecule has 0 saturated heterocycles. The van der Waals surface area contributed by atoms with Gasteiger partial charge in [0.1, 0.15) is 0 Å². The lowest BCUT2D eigenvalue weighted by atomic mass is 9.91. The molecule has 100 valence electrons. The molecule has 1 N–H and O–H groups in total. The van der Waals surface area contributed by atoms with Crippen molar-refractivity contribution in [2.45, 2.75) is 27.7 Å². The zero-order valence-electron chi connectivity index (χ0n) is 11.8. The van der Waals surface area contributed by atoms with Gasteiger partial charge in [0, 0.05) is 22.1 Å². The highest BCUT2D eigenvalue weighted by molar-refractivity contribution is 7.14. The van der Waals surface area contributed by atoms with E-state index in [4.69, 9.17) is 0 Å². The predicted octanol–water partition coefficient (Wildman–Crippen LogP) is 4.64. The van der Waals surface area contributed by atoms with Crippen molar-refractivity contribution in [3.63, 3.8) is 0 Å². The van der Waals surface area contributed by atoms with Gasteiger partial charge in [-0.3, -0.25) is 5.43 Å². The first-order chi connectivity index (χ1) is 8.97. The fourth-order valence-electron chi connectivity index (χ4n) is 1.37. The second kappa shape index (κ2) is 5.53. The number of thiazole rings is 1. The highest BCUT2D eigenvalue weighted by atomic mass is 32.1. The van der Waals surface area contributed by atoms with Crippen molar-refractivity contribution >= 4 is 22.2 Å². The molecule has 4 heteroatoms. The number of hydrazone groups is 1. The van der Waals surface area contributed by atoms with Crippen LogP contribution in [0.3, 0.4) is 0 Å². The van der Waals surface area contributed by atoms with Crippen molar-refractivity contribution in [3.05, 3.63) is 35.7 Å². The van der Waals surface area contributed by atoms with Gasteiger partial charge >= 0.3 is 0 Å². The fraction of sp³-hybridized carbons (Fsp3) is 0.333. The molecule has 0 aliphatic heterocycles. The molecule has 1 aromatic carbocycles. The first kappa shape index (κ1) is 13.7. The van der Waals surface area contributed by atoms with E-state index in [0.717, 1.165) is 22.1 Å². The third-order valence-corrected chi connectivity index (χ3v) is 3.73. The number of anilines is 1. The summed E-state index contributed by atoms with van der Waals surface area (Å²) < 4.78 is 0. The Balaban J connectivity index is 2.11. The van der Waals surface area contributed by atoms with Gasteiger partial charge in [-0.25, -0.2) is 4.98 Å². The molecule has 2 rings (SSSR count). The van der Waals surface area contributed by atoms with Crippen LogP contribution in [0.2, 0.25) is 0 Å². The van der Waals surface area contributed by atoms with Gasteiger partial charge in [0.25, 0.3) is 0 Å². The van der Waals surface area contributed by atoms with Crippen molar-refractivity contribution in [2.75, 3.05) is 5.43 Å². The Morgan fingerprint density at radius 2 is 1.89 bits per heavy atom. The molecule has 0 spiro atoms. The summed E-state index contributed by atoms with van der Waals surface area (Å²) in [7, 11) is 0. The molecule has 1 heterocycles. The molecule has 0 aliphatic carbocycles. The van der Waals surface area contributed by atoms with Gasteiger partial charge in [-0.1, -0.05) is 51.1 Å². The number of nitrogens with one attached hydrogen (secondary N) is 1. The smallest absolute Gasteiger partial charge is 0.203 e. The van der Waals surface area contributed by atoms with E-state index >= 15 is 0 Å². The Morgan fingerprint density at radius 3 is 2.53 bits per heavy atom. The summed E-state index contributed by atoms with van der Waals surface area (Å²) in [5.41, 5.74) is 6.28. The molecule has 19 heavy (non-hydrogen) atoms. The Kier molecular flexibility index (Phi) is 4.00. The molecule has 0 unspecified atom stereocenters. The van der Waals surface area contributed by atoms with E-state index in [9.17, 15) is 0 Å². The van der Waals surface area contributed by atoms with Crippen LogP contribution in [0.4, 0.5) is 5.13 Å². The van der Waals surface area contributed by atoms with Gasteiger partial charge in [-0.15, -0.1) is 11.3 Å². The van der Waals surface area contributed by atoms with Gasteiger partial charge in [0.05, 0.1) is 5.69 Å². The molecule has 2 aromatic rings. The molecule has 0 amide bonds. The van der Waals surface area contributed by atoms with Crippen LogP contribution in [0.15, 0.2) is 40.8 Å². The number of rotatable bonds is 3. The Bertz CT molecular complexity index is 565. The van der Waals surface area contributed by atoms with Crippen LogP contribution in [-0.2, 0) is 0 Å². The van der Waals surface area contributed by atoms with E-state index in [1.54, 1.807) is 11.3 Å². The summed E-state index contributed by atoms with van der Waals surface area (Å²) in [4.78, 5) is 4.53. The molecular formula is C15H19N3S. The molecule has 3 nitrogen and oxygen atoms in total. The van der Waals surface area contributed by atoms with Gasteiger partial charge in [-0.2, -0.15) is 5.10 Å². The summed E-state index contributed by atoms with van der Waals surface area (Å²) in [5.74, 6) is 0. The molecule has 0 saturated carbocycles. The average Bonchev–Trinajstić information content (AvgIpc) is 2.84. The van der Waals surface area contributed by atoms with Crippen LogP contribution in [0.1, 0.15) is 27.7 Å². The van der Waals surface area contributed by atoms with E-state index in [0.29, 0.717) is 0 Å². The van der Waals surface area contributed by atoms with E-state index in [2.05, 4.69) is 48.4 Å². The number of nitrogens with zero attached hydrogens (tertiary/aromatic N) is 2. The first-order valence-corrected chi connectivity index (χ1v) is 7.16. The van der Waals surface area contributed by atoms with Gasteiger partial charge in [0.2, 0.25) is 5.13 Å². The zero-order valence-corrected chi connectivity index (χ0v) is 12.6. The summed E-state index contributed by atoms with van der Waals surface area (Å²) >= 11 is 1.57. The monoisotopic (exact) mass is 273 g/mol. The fourth-order valence-corrected chi connectivity index (χ4v) is 2.03. The number of hydrogen-bond acceptors (Lipinski definition) is 4. The molecule has 0 fully saturated rings. The van der Waals surface area contributed by atoms with Crippen molar-refractivity contribution in [1.29, 1.82) is 0 Å². The number of benzene rings is 1. The van der Waals surface area contributed by atoms with Crippen LogP contribution in [0, 0.1) is 5.41 Å². The van der Waals surface area contributed by atoms with Crippen molar-refractivity contribution < 1.29 is 0 Å². The van der Waals surface area contributed by atoms with Crippen molar-refractivity contribution in [1.82, 2.24) is 4.98 Å². The minimum absolute atomic E-state index is 0.0759. The zero-order chi connectivity index (χ0) is 13.9. The van der Waals surface area contributed by atoms with E-state index < -0.39 is 0 Å². The highest BCUT2D eigenvalue weighted by Crippen LogP contribution is 2.25. The minimum Gasteiger partial charge on any atom is -0.253 e. The largest absolute Gasteiger partial charge is 0.253 e. The first-order valence-electron chi connectivity index (χ1n) is 6.28. The standard InChI is InChI=1S/C15H19N3S/c1-11(15(2,3)4)17-18-14-16-13(10-19-14)12-8-6-5-7-9-12/h5-10H,1-4H3,(H,16,18)/b17-11+. The Labute approximate surface area is 118 Å². The summed E-state index contributed by atoms with van der Waals surface area (Å²) in [6.07, 6.45) is 0. The highest BCUT2D eigenvalue weighted by Gasteiger charge is 2.14. The maximum absolute atomic E-state index is 4.53. The SMILES string of the molecule is C/C(=N\Nc1nc(-c2ccccc2)cs1)C(C)(C)C. The lowest BCUT2D eigenvalue weighted by Crippen LogP contribution is -2.18. The minimum atomic E-state index is 0.0759. The lowest BCUT2D eigenvalue weighted by Gasteiger charge is -2.17. The average molecular weight is 273 g/mol. The summed E-state index contributed by atoms with van der Waals surface area (Å²) in [6.45, 7) is 8.46. The van der Waals surface area contributed by atoms with Gasteiger partial charge in [0.15, 0.2) is 0 Å². The Hall–Kier alpha value is -1.68. The molecule has 0 atom stereocenters. The second-order valence-corrected chi connectivity index (χ2v) is 6.32. The third kappa shape index (κ3) is 3.64. The Morgan fingerprint density at radius 1 is 1.21 bits per heavy atom. The predicted molar refractivity (Wildman–Crippen MR) is 83.7 cm³/mol. The van der Waals surface area contributed by atoms with Crippen LogP contribution >= 0.6 is 11.3 Å². The third-order valence-electron chi connectivity index (χ3n) is 2.98. The van der Waals surface area contributed by atoms with Crippen LogP contribution in [-0.4, -0.2) is 10.7 Å².